The summed E-state index contributed by atoms with van der Waals surface area (Å²) in [6, 6.07) is 9.46. The summed E-state index contributed by atoms with van der Waals surface area (Å²) in [6.07, 6.45) is 2.65. The Hall–Kier alpha value is -2.53. The number of fused-ring (bicyclic) bond motifs is 1. The van der Waals surface area contributed by atoms with Crippen LogP contribution in [0.15, 0.2) is 35.4 Å². The number of rotatable bonds is 4. The smallest absolute Gasteiger partial charge is 0.275 e. The van der Waals surface area contributed by atoms with Crippen molar-refractivity contribution in [1.82, 2.24) is 5.43 Å². The molecule has 0 aromatic heterocycles. The van der Waals surface area contributed by atoms with Gasteiger partial charge in [0.1, 0.15) is 5.75 Å². The van der Waals surface area contributed by atoms with Gasteiger partial charge in [0.15, 0.2) is 0 Å². The van der Waals surface area contributed by atoms with Crippen molar-refractivity contribution in [2.24, 2.45) is 5.10 Å². The molecule has 1 aliphatic rings. The fourth-order valence-corrected chi connectivity index (χ4v) is 4.12. The van der Waals surface area contributed by atoms with Crippen molar-refractivity contribution in [3.05, 3.63) is 57.6 Å². The van der Waals surface area contributed by atoms with Gasteiger partial charge in [0.2, 0.25) is 0 Å². The third kappa shape index (κ3) is 4.25. The van der Waals surface area contributed by atoms with Crippen molar-refractivity contribution in [3.63, 3.8) is 0 Å². The number of halogens is 1. The molecule has 0 fully saturated rings. The van der Waals surface area contributed by atoms with Crippen molar-refractivity contribution < 1.29 is 9.53 Å². The maximum Gasteiger partial charge on any atom is 0.275 e. The largest absolute Gasteiger partial charge is 0.496 e. The lowest BCUT2D eigenvalue weighted by molar-refractivity contribution is 0.0952. The molecule has 0 spiro atoms. The molecule has 1 unspecified atom stereocenters. The first-order valence-electron chi connectivity index (χ1n) is 9.69. The van der Waals surface area contributed by atoms with Crippen LogP contribution in [0.1, 0.15) is 60.2 Å². The van der Waals surface area contributed by atoms with Gasteiger partial charge < -0.3 is 9.64 Å². The monoisotopic (exact) mass is 413 g/mol. The van der Waals surface area contributed by atoms with Gasteiger partial charge in [-0.1, -0.05) is 24.6 Å². The first-order chi connectivity index (χ1) is 13.6. The number of anilines is 1. The van der Waals surface area contributed by atoms with Crippen molar-refractivity contribution in [2.75, 3.05) is 19.1 Å². The van der Waals surface area contributed by atoms with E-state index in [9.17, 15) is 4.79 Å². The Labute approximate surface area is 177 Å². The van der Waals surface area contributed by atoms with Gasteiger partial charge in [-0.3, -0.25) is 4.79 Å². The number of hydrazone groups is 1. The molecule has 1 amide bonds. The SMILES string of the molecule is COc1cc(C)ccc1C(=O)N/N=C\c1cc2c(cc1Cl)N(C)C(C)(C)CC2C. The second-order valence-corrected chi connectivity index (χ2v) is 8.72. The molecule has 1 aliphatic heterocycles. The number of hydrogen-bond acceptors (Lipinski definition) is 4. The summed E-state index contributed by atoms with van der Waals surface area (Å²) in [5.41, 5.74) is 7.25. The highest BCUT2D eigenvalue weighted by Gasteiger charge is 2.34. The summed E-state index contributed by atoms with van der Waals surface area (Å²) < 4.78 is 5.29. The van der Waals surface area contributed by atoms with E-state index in [0.29, 0.717) is 22.3 Å². The molecule has 0 radical (unpaired) electrons. The van der Waals surface area contributed by atoms with Crippen LogP contribution in [0.3, 0.4) is 0 Å². The molecule has 5 nitrogen and oxygen atoms in total. The second kappa shape index (κ2) is 8.07. The Balaban J connectivity index is 1.82. The number of carbonyl (C=O) groups excluding carboxylic acids is 1. The zero-order valence-electron chi connectivity index (χ0n) is 17.8. The van der Waals surface area contributed by atoms with Crippen LogP contribution in [0.5, 0.6) is 5.75 Å². The number of ether oxygens (including phenoxy) is 1. The fraction of sp³-hybridized carbons (Fsp3) is 0.391. The molecule has 1 N–H and O–H groups in total. The average Bonchev–Trinajstić information content (AvgIpc) is 2.66. The number of hydrogen-bond donors (Lipinski definition) is 1. The minimum absolute atomic E-state index is 0.0758. The predicted molar refractivity (Wildman–Crippen MR) is 120 cm³/mol. The average molecular weight is 414 g/mol. The summed E-state index contributed by atoms with van der Waals surface area (Å²) in [7, 11) is 3.64. The molecule has 0 saturated carbocycles. The summed E-state index contributed by atoms with van der Waals surface area (Å²) in [4.78, 5) is 14.7. The van der Waals surface area contributed by atoms with Gasteiger partial charge in [-0.15, -0.1) is 0 Å². The maximum atomic E-state index is 12.5. The summed E-state index contributed by atoms with van der Waals surface area (Å²) in [6.45, 7) is 8.66. The molecular formula is C23H28ClN3O2. The second-order valence-electron chi connectivity index (χ2n) is 8.31. The Morgan fingerprint density at radius 1 is 1.34 bits per heavy atom. The molecule has 29 heavy (non-hydrogen) atoms. The van der Waals surface area contributed by atoms with E-state index in [4.69, 9.17) is 16.3 Å². The number of aryl methyl sites for hydroxylation is 1. The number of carbonyl (C=O) groups is 1. The Kier molecular flexibility index (Phi) is 5.90. The summed E-state index contributed by atoms with van der Waals surface area (Å²) in [5, 5.41) is 4.72. The Morgan fingerprint density at radius 3 is 2.76 bits per heavy atom. The first-order valence-corrected chi connectivity index (χ1v) is 10.1. The molecule has 2 aromatic carbocycles. The van der Waals surface area contributed by atoms with Crippen LogP contribution in [-0.2, 0) is 0 Å². The number of benzene rings is 2. The maximum absolute atomic E-state index is 12.5. The van der Waals surface area contributed by atoms with E-state index >= 15 is 0 Å². The normalized spacial score (nSPS) is 17.9. The van der Waals surface area contributed by atoms with Gasteiger partial charge in [-0.05, 0) is 68.5 Å². The number of amides is 1. The van der Waals surface area contributed by atoms with Crippen molar-refractivity contribution >= 4 is 29.4 Å². The zero-order chi connectivity index (χ0) is 21.3. The van der Waals surface area contributed by atoms with Crippen LogP contribution in [-0.4, -0.2) is 31.8 Å². The van der Waals surface area contributed by atoms with Gasteiger partial charge in [-0.2, -0.15) is 5.10 Å². The standard InChI is InChI=1S/C23H28ClN3O2/c1-14-7-8-17(21(9-14)29-6)22(28)26-25-13-16-10-18-15(2)12-23(3,4)27(5)20(18)11-19(16)24/h7-11,13,15H,12H2,1-6H3,(H,26,28)/b25-13-. The topological polar surface area (TPSA) is 53.9 Å². The molecule has 1 heterocycles. The zero-order valence-corrected chi connectivity index (χ0v) is 18.6. The Bertz CT molecular complexity index is 969. The molecule has 6 heteroatoms. The van der Waals surface area contributed by atoms with Gasteiger partial charge in [0, 0.05) is 23.8 Å². The number of nitrogens with zero attached hydrogens (tertiary/aromatic N) is 2. The van der Waals surface area contributed by atoms with E-state index in [1.165, 1.54) is 5.56 Å². The van der Waals surface area contributed by atoms with Crippen LogP contribution in [0, 0.1) is 6.92 Å². The van der Waals surface area contributed by atoms with E-state index in [0.717, 1.165) is 23.2 Å². The van der Waals surface area contributed by atoms with Crippen molar-refractivity contribution in [2.45, 2.75) is 45.6 Å². The molecule has 154 valence electrons. The van der Waals surface area contributed by atoms with Crippen molar-refractivity contribution in [3.8, 4) is 5.75 Å². The third-order valence-corrected chi connectivity index (χ3v) is 6.05. The first kappa shape index (κ1) is 21.2. The molecule has 0 bridgehead atoms. The van der Waals surface area contributed by atoms with Crippen LogP contribution >= 0.6 is 11.6 Å². The van der Waals surface area contributed by atoms with E-state index in [1.54, 1.807) is 19.4 Å². The molecule has 2 aromatic rings. The van der Waals surface area contributed by atoms with E-state index in [-0.39, 0.29) is 11.4 Å². The van der Waals surface area contributed by atoms with E-state index in [1.807, 2.05) is 25.1 Å². The minimum Gasteiger partial charge on any atom is -0.496 e. The lowest BCUT2D eigenvalue weighted by Gasteiger charge is -2.45. The van der Waals surface area contributed by atoms with E-state index in [2.05, 4.69) is 49.3 Å². The van der Waals surface area contributed by atoms with Gasteiger partial charge >= 0.3 is 0 Å². The summed E-state index contributed by atoms with van der Waals surface area (Å²) in [5.74, 6) is 0.595. The predicted octanol–water partition coefficient (Wildman–Crippen LogP) is 5.14. The van der Waals surface area contributed by atoms with Crippen molar-refractivity contribution in [1.29, 1.82) is 0 Å². The molecule has 0 aliphatic carbocycles. The molecule has 3 rings (SSSR count). The number of nitrogens with one attached hydrogen (secondary N) is 1. The highest BCUT2D eigenvalue weighted by Crippen LogP contribution is 2.44. The molecule has 1 atom stereocenters. The van der Waals surface area contributed by atoms with Gasteiger partial charge in [0.25, 0.3) is 5.91 Å². The fourth-order valence-electron chi connectivity index (χ4n) is 3.91. The Morgan fingerprint density at radius 2 is 2.07 bits per heavy atom. The lowest BCUT2D eigenvalue weighted by atomic mass is 9.80. The molecule has 0 saturated heterocycles. The minimum atomic E-state index is -0.331. The lowest BCUT2D eigenvalue weighted by Crippen LogP contribution is -2.45. The highest BCUT2D eigenvalue weighted by atomic mass is 35.5. The van der Waals surface area contributed by atoms with E-state index < -0.39 is 0 Å². The van der Waals surface area contributed by atoms with Gasteiger partial charge in [0.05, 0.1) is 23.9 Å². The molecular weight excluding hydrogens is 386 g/mol. The van der Waals surface area contributed by atoms with Crippen LogP contribution < -0.4 is 15.1 Å². The quantitative estimate of drug-likeness (QED) is 0.557. The van der Waals surface area contributed by atoms with Gasteiger partial charge in [-0.25, -0.2) is 5.43 Å². The third-order valence-electron chi connectivity index (χ3n) is 5.72. The number of methoxy groups -OCH3 is 1. The summed E-state index contributed by atoms with van der Waals surface area (Å²) >= 11 is 6.51. The van der Waals surface area contributed by atoms with Crippen LogP contribution in [0.2, 0.25) is 5.02 Å². The van der Waals surface area contributed by atoms with Crippen LogP contribution in [0.4, 0.5) is 5.69 Å². The highest BCUT2D eigenvalue weighted by molar-refractivity contribution is 6.33. The van der Waals surface area contributed by atoms with Crippen LogP contribution in [0.25, 0.3) is 0 Å².